The van der Waals surface area contributed by atoms with Gasteiger partial charge in [-0.3, -0.25) is 4.79 Å². The number of fused-ring (bicyclic) bond motifs is 5. The van der Waals surface area contributed by atoms with Gasteiger partial charge < -0.3 is 25.9 Å². The Morgan fingerprint density at radius 3 is 2.35 bits per heavy atom. The minimum Gasteiger partial charge on any atom is -0.478 e. The quantitative estimate of drug-likeness (QED) is 0.267. The zero-order valence-corrected chi connectivity index (χ0v) is 20.2. The number of carboxylic acid groups (broad SMARTS) is 2. The van der Waals surface area contributed by atoms with Crippen LogP contribution < -0.4 is 5.73 Å². The van der Waals surface area contributed by atoms with E-state index in [9.17, 15) is 19.5 Å². The second-order valence-electron chi connectivity index (χ2n) is 10.7. The summed E-state index contributed by atoms with van der Waals surface area (Å²) in [6.45, 7) is 5.41. The lowest BCUT2D eigenvalue weighted by Gasteiger charge is -2.62. The van der Waals surface area contributed by atoms with Gasteiger partial charge in [0.1, 0.15) is 12.4 Å². The Kier molecular flexibility index (Phi) is 7.87. The highest BCUT2D eigenvalue weighted by Gasteiger charge is 2.64. The second-order valence-corrected chi connectivity index (χ2v) is 10.7. The van der Waals surface area contributed by atoms with Gasteiger partial charge in [-0.25, -0.2) is 9.59 Å². The van der Waals surface area contributed by atoms with Crippen molar-refractivity contribution >= 4 is 23.4 Å². The smallest absolute Gasteiger partial charge is 0.328 e. The van der Waals surface area contributed by atoms with E-state index in [4.69, 9.17) is 20.8 Å². The first-order valence-corrected chi connectivity index (χ1v) is 12.2. The van der Waals surface area contributed by atoms with Gasteiger partial charge in [-0.15, -0.1) is 0 Å². The lowest BCUT2D eigenvalue weighted by atomic mass is 9.43. The molecule has 0 aromatic carbocycles. The number of Topliss-reactive ketones (excluding diaryl/α,β-unsaturated/α-hetero) is 1. The number of aliphatic carboxylic acids is 2. The molecule has 0 unspecified atom stereocenters. The van der Waals surface area contributed by atoms with Gasteiger partial charge >= 0.3 is 11.9 Å². The van der Waals surface area contributed by atoms with Gasteiger partial charge in [0.2, 0.25) is 0 Å². The van der Waals surface area contributed by atoms with E-state index in [0.717, 1.165) is 57.1 Å². The molecule has 0 amide bonds. The number of aliphatic hydroxyl groups is 1. The molecule has 0 bridgehead atoms. The van der Waals surface area contributed by atoms with Crippen molar-refractivity contribution in [1.82, 2.24) is 0 Å². The first kappa shape index (κ1) is 26.3. The van der Waals surface area contributed by atoms with Crippen LogP contribution in [0.4, 0.5) is 0 Å². The SMILES string of the molecule is C[C@]12CC[C@H]3[C@@H](CC[C@@]4(O)C/C(=N\OCCN)CC[C@]34C)[C@@H]1CCC2=O.O=C(O)/C=C/C(=O)O. The molecule has 0 heterocycles. The van der Waals surface area contributed by atoms with Crippen molar-refractivity contribution in [3.63, 3.8) is 0 Å². The molecule has 5 N–H and O–H groups in total. The van der Waals surface area contributed by atoms with E-state index in [-0.39, 0.29) is 10.8 Å². The number of rotatable bonds is 5. The first-order valence-electron chi connectivity index (χ1n) is 12.2. The molecule has 6 atom stereocenters. The van der Waals surface area contributed by atoms with Crippen molar-refractivity contribution in [1.29, 1.82) is 0 Å². The predicted octanol–water partition coefficient (Wildman–Crippen LogP) is 2.76. The number of carboxylic acids is 2. The fourth-order valence-electron chi connectivity index (χ4n) is 7.24. The van der Waals surface area contributed by atoms with E-state index >= 15 is 0 Å². The molecular weight excluding hydrogens is 440 g/mol. The third kappa shape index (κ3) is 4.91. The van der Waals surface area contributed by atoms with Crippen molar-refractivity contribution in [2.45, 2.75) is 77.2 Å². The van der Waals surface area contributed by atoms with Gasteiger partial charge in [-0.05, 0) is 62.7 Å². The lowest BCUT2D eigenvalue weighted by molar-refractivity contribution is -0.188. The van der Waals surface area contributed by atoms with Gasteiger partial charge in [-0.2, -0.15) is 0 Å². The number of oxime groups is 1. The van der Waals surface area contributed by atoms with E-state index in [0.29, 0.717) is 55.3 Å². The predicted molar refractivity (Wildman–Crippen MR) is 125 cm³/mol. The van der Waals surface area contributed by atoms with Crippen molar-refractivity contribution in [2.24, 2.45) is 39.5 Å². The number of ketones is 1. The number of hydrogen-bond donors (Lipinski definition) is 4. The van der Waals surface area contributed by atoms with Gasteiger partial charge in [0.15, 0.2) is 0 Å². The second kappa shape index (κ2) is 10.2. The average molecular weight is 479 g/mol. The van der Waals surface area contributed by atoms with Crippen LogP contribution >= 0.6 is 0 Å². The van der Waals surface area contributed by atoms with Crippen molar-refractivity contribution in [3.8, 4) is 0 Å². The van der Waals surface area contributed by atoms with Crippen LogP contribution in [0.2, 0.25) is 0 Å². The van der Waals surface area contributed by atoms with Crippen LogP contribution in [0.5, 0.6) is 0 Å². The van der Waals surface area contributed by atoms with Crippen LogP contribution in [0, 0.1) is 28.6 Å². The Labute approximate surface area is 200 Å². The number of carbonyl (C=O) groups excluding carboxylic acids is 1. The van der Waals surface area contributed by atoms with Crippen molar-refractivity contribution in [3.05, 3.63) is 12.2 Å². The van der Waals surface area contributed by atoms with E-state index < -0.39 is 17.5 Å². The third-order valence-corrected chi connectivity index (χ3v) is 9.12. The fourth-order valence-corrected chi connectivity index (χ4v) is 7.24. The highest BCUT2D eigenvalue weighted by Crippen LogP contribution is 2.66. The van der Waals surface area contributed by atoms with E-state index in [1.165, 1.54) is 0 Å². The summed E-state index contributed by atoms with van der Waals surface area (Å²) in [5.74, 6) is -0.380. The summed E-state index contributed by atoms with van der Waals surface area (Å²) in [6, 6.07) is 0. The maximum Gasteiger partial charge on any atom is 0.328 e. The van der Waals surface area contributed by atoms with E-state index in [1.807, 2.05) is 0 Å². The van der Waals surface area contributed by atoms with Crippen LogP contribution in [0.15, 0.2) is 17.3 Å². The van der Waals surface area contributed by atoms with Crippen LogP contribution in [0.1, 0.15) is 71.6 Å². The molecule has 0 aliphatic heterocycles. The Bertz CT molecular complexity index is 855. The normalized spacial score (nSPS) is 40.1. The summed E-state index contributed by atoms with van der Waals surface area (Å²) < 4.78 is 0. The van der Waals surface area contributed by atoms with Crippen LogP contribution in [0.3, 0.4) is 0 Å². The highest BCUT2D eigenvalue weighted by atomic mass is 16.6. The molecule has 4 fully saturated rings. The molecule has 0 spiro atoms. The average Bonchev–Trinajstić information content (AvgIpc) is 3.08. The Balaban J connectivity index is 0.000000350. The monoisotopic (exact) mass is 478 g/mol. The minimum atomic E-state index is -1.26. The molecule has 190 valence electrons. The van der Waals surface area contributed by atoms with E-state index in [1.54, 1.807) is 0 Å². The number of hydrogen-bond acceptors (Lipinski definition) is 7. The third-order valence-electron chi connectivity index (χ3n) is 9.12. The summed E-state index contributed by atoms with van der Waals surface area (Å²) in [7, 11) is 0. The summed E-state index contributed by atoms with van der Waals surface area (Å²) in [5.41, 5.74) is 5.59. The molecule has 4 aliphatic carbocycles. The molecule has 9 heteroatoms. The molecule has 0 aromatic heterocycles. The zero-order valence-electron chi connectivity index (χ0n) is 20.2. The summed E-state index contributed by atoms with van der Waals surface area (Å²) in [6.07, 6.45) is 9.37. The van der Waals surface area contributed by atoms with Crippen molar-refractivity contribution in [2.75, 3.05) is 13.2 Å². The molecular formula is C25H38N2O7. The Morgan fingerprint density at radius 1 is 1.06 bits per heavy atom. The van der Waals surface area contributed by atoms with Crippen molar-refractivity contribution < 1.29 is 34.5 Å². The fraction of sp³-hybridized carbons (Fsp3) is 0.760. The van der Waals surface area contributed by atoms with Gasteiger partial charge in [0.05, 0.1) is 11.3 Å². The number of nitrogens with two attached hydrogens (primary N) is 1. The molecule has 9 nitrogen and oxygen atoms in total. The van der Waals surface area contributed by atoms with Gasteiger partial charge in [0, 0.05) is 42.4 Å². The van der Waals surface area contributed by atoms with E-state index in [2.05, 4.69) is 19.0 Å². The first-order chi connectivity index (χ1) is 16.0. The molecule has 4 rings (SSSR count). The Hall–Kier alpha value is -2.26. The van der Waals surface area contributed by atoms with Gasteiger partial charge in [-0.1, -0.05) is 19.0 Å². The maximum atomic E-state index is 12.5. The zero-order chi connectivity index (χ0) is 25.1. The largest absolute Gasteiger partial charge is 0.478 e. The lowest BCUT2D eigenvalue weighted by Crippen LogP contribution is -2.62. The minimum absolute atomic E-state index is 0.0736. The standard InChI is InChI=1S/C21H34N2O3.C4H4O4/c1-19-8-7-17-15(16(19)3-4-18(19)24)6-10-21(25)13-14(23-26-12-11-22)5-9-20(17,21)2;5-3(6)1-2-4(7)8/h15-17,25H,3-13,22H2,1-2H3;1-2H,(H,5,6)(H,7,8)/b23-14-;2-1+/t15-,16-,17-,19-,20+,21+;/m0./s1. The maximum absolute atomic E-state index is 12.5. The van der Waals surface area contributed by atoms with Crippen LogP contribution in [0.25, 0.3) is 0 Å². The van der Waals surface area contributed by atoms with Gasteiger partial charge in [0.25, 0.3) is 0 Å². The molecule has 0 aromatic rings. The summed E-state index contributed by atoms with van der Waals surface area (Å²) in [5, 5.41) is 31.5. The summed E-state index contributed by atoms with van der Waals surface area (Å²) >= 11 is 0. The Morgan fingerprint density at radius 2 is 1.74 bits per heavy atom. The number of nitrogens with zero attached hydrogens (tertiary/aromatic N) is 1. The van der Waals surface area contributed by atoms with Crippen LogP contribution in [-0.4, -0.2) is 57.5 Å². The topological polar surface area (TPSA) is 160 Å². The molecule has 34 heavy (non-hydrogen) atoms. The van der Waals surface area contributed by atoms with Crippen LogP contribution in [-0.2, 0) is 19.2 Å². The molecule has 0 radical (unpaired) electrons. The molecule has 4 aliphatic rings. The number of carbonyl (C=O) groups is 3. The molecule has 4 saturated carbocycles. The summed E-state index contributed by atoms with van der Waals surface area (Å²) in [4.78, 5) is 36.9. The highest BCUT2D eigenvalue weighted by molar-refractivity contribution is 5.89. The molecule has 0 saturated heterocycles.